The van der Waals surface area contributed by atoms with Crippen molar-refractivity contribution >= 4 is 21.7 Å². The number of alkyl halides is 1. The minimum Gasteiger partial charge on any atom is -0.383 e. The number of aromatic nitrogens is 2. The molecule has 5 nitrogen and oxygen atoms in total. The van der Waals surface area contributed by atoms with Crippen LogP contribution < -0.4 is 5.73 Å². The minimum absolute atomic E-state index is 0.0273. The summed E-state index contributed by atoms with van der Waals surface area (Å²) in [5.74, 6) is 0.204. The van der Waals surface area contributed by atoms with E-state index in [0.717, 1.165) is 10.0 Å². The molecule has 0 aliphatic carbocycles. The van der Waals surface area contributed by atoms with E-state index in [-0.39, 0.29) is 18.0 Å². The van der Waals surface area contributed by atoms with E-state index in [4.69, 9.17) is 10.5 Å². The largest absolute Gasteiger partial charge is 0.383 e. The topological polar surface area (TPSA) is 76.9 Å². The summed E-state index contributed by atoms with van der Waals surface area (Å²) in [6.45, 7) is 0.485. The van der Waals surface area contributed by atoms with Crippen molar-refractivity contribution < 1.29 is 9.13 Å². The molecule has 2 atom stereocenters. The van der Waals surface area contributed by atoms with E-state index in [1.54, 1.807) is 0 Å². The van der Waals surface area contributed by atoms with Gasteiger partial charge >= 0.3 is 0 Å². The normalized spacial score (nSPS) is 21.5. The molecule has 1 aromatic heterocycles. The molecule has 1 fully saturated rings. The van der Waals surface area contributed by atoms with Crippen LogP contribution in [0.3, 0.4) is 0 Å². The highest BCUT2D eigenvalue weighted by Gasteiger charge is 2.31. The number of anilines is 1. The molecule has 2 aromatic rings. The summed E-state index contributed by atoms with van der Waals surface area (Å²) in [5, 5.41) is 13.8. The zero-order valence-corrected chi connectivity index (χ0v) is 13.3. The molecule has 2 heterocycles. The van der Waals surface area contributed by atoms with E-state index in [0.29, 0.717) is 18.7 Å². The van der Waals surface area contributed by atoms with Gasteiger partial charge in [-0.25, -0.2) is 9.07 Å². The second kappa shape index (κ2) is 6.07. The molecule has 22 heavy (non-hydrogen) atoms. The van der Waals surface area contributed by atoms with Gasteiger partial charge in [-0.3, -0.25) is 0 Å². The zero-order chi connectivity index (χ0) is 15.7. The SMILES string of the molecule is N#Cc1c(-c2ccc(Br)cc2)nn(C2CCOCC2F)c1N. The Morgan fingerprint density at radius 1 is 1.41 bits per heavy atom. The molecule has 0 spiro atoms. The van der Waals surface area contributed by atoms with Crippen LogP contribution in [-0.2, 0) is 4.74 Å². The maximum absolute atomic E-state index is 14.1. The van der Waals surface area contributed by atoms with Crippen LogP contribution >= 0.6 is 15.9 Å². The van der Waals surface area contributed by atoms with E-state index < -0.39 is 12.2 Å². The number of ether oxygens (including phenoxy) is 1. The summed E-state index contributed by atoms with van der Waals surface area (Å²) >= 11 is 3.36. The summed E-state index contributed by atoms with van der Waals surface area (Å²) in [7, 11) is 0. The zero-order valence-electron chi connectivity index (χ0n) is 11.7. The average Bonchev–Trinajstić information content (AvgIpc) is 2.85. The van der Waals surface area contributed by atoms with Crippen LogP contribution in [0.5, 0.6) is 0 Å². The Bertz CT molecular complexity index is 722. The fourth-order valence-electron chi connectivity index (χ4n) is 2.59. The van der Waals surface area contributed by atoms with Crippen LogP contribution in [0.15, 0.2) is 28.7 Å². The summed E-state index contributed by atoms with van der Waals surface area (Å²) in [6, 6.07) is 8.98. The number of nitrogens with zero attached hydrogens (tertiary/aromatic N) is 3. The Labute approximate surface area is 135 Å². The number of hydrogen-bond acceptors (Lipinski definition) is 4. The molecule has 1 aliphatic heterocycles. The highest BCUT2D eigenvalue weighted by molar-refractivity contribution is 9.10. The molecule has 114 valence electrons. The summed E-state index contributed by atoms with van der Waals surface area (Å²) in [5.41, 5.74) is 7.56. The van der Waals surface area contributed by atoms with Crippen LogP contribution in [0.4, 0.5) is 10.2 Å². The van der Waals surface area contributed by atoms with E-state index in [2.05, 4.69) is 27.1 Å². The van der Waals surface area contributed by atoms with Crippen molar-refractivity contribution in [2.45, 2.75) is 18.6 Å². The molecule has 0 saturated carbocycles. The summed E-state index contributed by atoms with van der Waals surface area (Å²) in [4.78, 5) is 0. The van der Waals surface area contributed by atoms with E-state index in [1.165, 1.54) is 4.68 Å². The summed E-state index contributed by atoms with van der Waals surface area (Å²) < 4.78 is 21.6. The van der Waals surface area contributed by atoms with Crippen LogP contribution in [0.2, 0.25) is 0 Å². The van der Waals surface area contributed by atoms with Crippen molar-refractivity contribution in [3.05, 3.63) is 34.3 Å². The third kappa shape index (κ3) is 2.60. The Hall–Kier alpha value is -1.91. The smallest absolute Gasteiger partial charge is 0.146 e. The molecule has 1 saturated heterocycles. The van der Waals surface area contributed by atoms with E-state index >= 15 is 0 Å². The Morgan fingerprint density at radius 3 is 2.77 bits per heavy atom. The lowest BCUT2D eigenvalue weighted by Gasteiger charge is -2.26. The molecule has 1 aliphatic rings. The number of nitriles is 1. The lowest BCUT2D eigenvalue weighted by molar-refractivity contribution is 0.000599. The van der Waals surface area contributed by atoms with Crippen LogP contribution in [0.1, 0.15) is 18.0 Å². The molecule has 7 heteroatoms. The lowest BCUT2D eigenvalue weighted by Crippen LogP contribution is -2.32. The first kappa shape index (κ1) is 15.0. The summed E-state index contributed by atoms with van der Waals surface area (Å²) in [6.07, 6.45) is -0.696. The van der Waals surface area contributed by atoms with Gasteiger partial charge in [-0.05, 0) is 18.6 Å². The lowest BCUT2D eigenvalue weighted by atomic mass is 10.1. The molecule has 2 unspecified atom stereocenters. The molecule has 0 bridgehead atoms. The van der Waals surface area contributed by atoms with Crippen molar-refractivity contribution in [2.75, 3.05) is 18.9 Å². The van der Waals surface area contributed by atoms with Crippen LogP contribution in [0.25, 0.3) is 11.3 Å². The average molecular weight is 365 g/mol. The van der Waals surface area contributed by atoms with Gasteiger partial charge in [0.05, 0.1) is 12.6 Å². The molecule has 0 radical (unpaired) electrons. The van der Waals surface area contributed by atoms with Gasteiger partial charge in [-0.2, -0.15) is 10.4 Å². The third-order valence-corrected chi connectivity index (χ3v) is 4.27. The first-order chi connectivity index (χ1) is 10.6. The van der Waals surface area contributed by atoms with Gasteiger partial charge in [0.2, 0.25) is 0 Å². The van der Waals surface area contributed by atoms with Gasteiger partial charge in [-0.1, -0.05) is 28.1 Å². The first-order valence-electron chi connectivity index (χ1n) is 6.87. The van der Waals surface area contributed by atoms with E-state index in [9.17, 15) is 9.65 Å². The Morgan fingerprint density at radius 2 is 2.14 bits per heavy atom. The fourth-order valence-corrected chi connectivity index (χ4v) is 2.85. The van der Waals surface area contributed by atoms with Gasteiger partial charge in [0.25, 0.3) is 0 Å². The van der Waals surface area contributed by atoms with Crippen molar-refractivity contribution in [2.24, 2.45) is 0 Å². The quantitative estimate of drug-likeness (QED) is 0.888. The standard InChI is InChI=1S/C15H14BrFN4O/c16-10-3-1-9(2-4-10)14-11(7-18)15(19)21(20-14)13-5-6-22-8-12(13)17/h1-4,12-13H,5-6,8,19H2. The van der Waals surface area contributed by atoms with Gasteiger partial charge in [0.15, 0.2) is 0 Å². The number of benzene rings is 1. The number of rotatable bonds is 2. The molecule has 1 aromatic carbocycles. The fraction of sp³-hybridized carbons (Fsp3) is 0.333. The van der Waals surface area contributed by atoms with Gasteiger partial charge in [0, 0.05) is 16.6 Å². The van der Waals surface area contributed by atoms with Gasteiger partial charge < -0.3 is 10.5 Å². The second-order valence-electron chi connectivity index (χ2n) is 5.12. The minimum atomic E-state index is -1.18. The number of nitrogens with two attached hydrogens (primary N) is 1. The van der Waals surface area contributed by atoms with E-state index in [1.807, 2.05) is 24.3 Å². The maximum Gasteiger partial charge on any atom is 0.146 e. The third-order valence-electron chi connectivity index (χ3n) is 3.74. The van der Waals surface area contributed by atoms with Crippen molar-refractivity contribution in [1.82, 2.24) is 9.78 Å². The number of halogens is 2. The number of hydrogen-bond donors (Lipinski definition) is 1. The number of nitrogen functional groups attached to an aromatic ring is 1. The first-order valence-corrected chi connectivity index (χ1v) is 7.67. The second-order valence-corrected chi connectivity index (χ2v) is 6.03. The monoisotopic (exact) mass is 364 g/mol. The Balaban J connectivity index is 2.07. The van der Waals surface area contributed by atoms with Gasteiger partial charge in [-0.15, -0.1) is 0 Å². The van der Waals surface area contributed by atoms with Crippen molar-refractivity contribution in [3.63, 3.8) is 0 Å². The molecular formula is C15H14BrFN4O. The van der Waals surface area contributed by atoms with Crippen molar-refractivity contribution in [3.8, 4) is 17.3 Å². The predicted molar refractivity (Wildman–Crippen MR) is 83.9 cm³/mol. The van der Waals surface area contributed by atoms with Crippen molar-refractivity contribution in [1.29, 1.82) is 5.26 Å². The van der Waals surface area contributed by atoms with Crippen LogP contribution in [-0.4, -0.2) is 29.2 Å². The highest BCUT2D eigenvalue weighted by Crippen LogP contribution is 2.33. The molecule has 3 rings (SSSR count). The predicted octanol–water partition coefficient (Wildman–Crippen LogP) is 3.07. The maximum atomic E-state index is 14.1. The highest BCUT2D eigenvalue weighted by atomic mass is 79.9. The Kier molecular flexibility index (Phi) is 4.14. The van der Waals surface area contributed by atoms with Crippen LogP contribution in [0, 0.1) is 11.3 Å². The molecular weight excluding hydrogens is 351 g/mol. The molecule has 2 N–H and O–H groups in total. The van der Waals surface area contributed by atoms with Gasteiger partial charge in [0.1, 0.15) is 29.3 Å². The molecule has 0 amide bonds.